The molecule has 218 valence electrons. The van der Waals surface area contributed by atoms with Gasteiger partial charge in [-0.3, -0.25) is 14.6 Å². The largest absolute Gasteiger partial charge is 0.382 e. The second kappa shape index (κ2) is 16.4. The number of benzene rings is 2. The average Bonchev–Trinajstić information content (AvgIpc) is 3.42. The van der Waals surface area contributed by atoms with E-state index in [0.29, 0.717) is 69.4 Å². The molecule has 10 heteroatoms. The summed E-state index contributed by atoms with van der Waals surface area (Å²) in [6.45, 7) is 3.15. The SMILES string of the molecule is CNC(=O)c1ccccc1Sc1ccc2c(c1)CN=C2C#Cc1ccc(NC(=O)CCCOCCOCCOC)cn1. The highest BCUT2D eigenvalue weighted by Gasteiger charge is 2.16. The van der Waals surface area contributed by atoms with Crippen molar-refractivity contribution in [2.75, 3.05) is 52.5 Å². The number of aromatic nitrogens is 1. The number of hydrogen-bond acceptors (Lipinski definition) is 8. The standard InChI is InChI=1S/C32H34N4O5S/c1-33-32(38)28-6-3-4-7-30(28)42-26-12-13-27-23(20-26)21-35-29(27)14-11-24-9-10-25(22-34-24)36-31(37)8-5-15-40-18-19-41-17-16-39-2/h3-4,6-7,9-10,12-13,20,22H,5,8,15-19,21H2,1-2H3,(H,33,38)(H,36,37). The molecule has 0 atom stereocenters. The number of aliphatic imine (C=N–C) groups is 1. The molecule has 0 fully saturated rings. The number of nitrogens with one attached hydrogen (secondary N) is 2. The van der Waals surface area contributed by atoms with E-state index in [1.807, 2.05) is 36.4 Å². The van der Waals surface area contributed by atoms with E-state index in [2.05, 4.69) is 38.5 Å². The van der Waals surface area contributed by atoms with Gasteiger partial charge in [0.25, 0.3) is 5.91 Å². The van der Waals surface area contributed by atoms with Crippen LogP contribution in [-0.2, 0) is 25.5 Å². The molecule has 0 aliphatic carbocycles. The molecule has 3 aromatic rings. The van der Waals surface area contributed by atoms with Crippen LogP contribution >= 0.6 is 11.8 Å². The molecule has 1 aliphatic heterocycles. The first kappa shape index (κ1) is 30.9. The van der Waals surface area contributed by atoms with Crippen molar-refractivity contribution >= 4 is 35.0 Å². The van der Waals surface area contributed by atoms with Crippen molar-refractivity contribution in [3.63, 3.8) is 0 Å². The van der Waals surface area contributed by atoms with E-state index in [9.17, 15) is 9.59 Å². The summed E-state index contributed by atoms with van der Waals surface area (Å²) < 4.78 is 15.7. The lowest BCUT2D eigenvalue weighted by Crippen LogP contribution is -2.18. The third-order valence-corrected chi connectivity index (χ3v) is 7.24. The van der Waals surface area contributed by atoms with Crippen LogP contribution in [0.3, 0.4) is 0 Å². The van der Waals surface area contributed by atoms with Crippen LogP contribution in [-0.4, -0.2) is 69.7 Å². The number of fused-ring (bicyclic) bond motifs is 1. The lowest BCUT2D eigenvalue weighted by atomic mass is 10.1. The van der Waals surface area contributed by atoms with Gasteiger partial charge in [0.15, 0.2) is 0 Å². The normalized spacial score (nSPS) is 11.7. The molecular weight excluding hydrogens is 552 g/mol. The predicted molar refractivity (Wildman–Crippen MR) is 163 cm³/mol. The fraction of sp³-hybridized carbons (Fsp3) is 0.312. The van der Waals surface area contributed by atoms with Crippen molar-refractivity contribution in [1.82, 2.24) is 10.3 Å². The van der Waals surface area contributed by atoms with E-state index in [4.69, 9.17) is 14.2 Å². The number of rotatable bonds is 14. The minimum absolute atomic E-state index is 0.0952. The fourth-order valence-corrected chi connectivity index (χ4v) is 5.05. The molecule has 2 amide bonds. The maximum absolute atomic E-state index is 12.2. The fourth-order valence-electron chi connectivity index (χ4n) is 4.04. The number of ether oxygens (including phenoxy) is 3. The Bertz CT molecular complexity index is 1460. The van der Waals surface area contributed by atoms with E-state index in [1.54, 1.807) is 44.2 Å². The van der Waals surface area contributed by atoms with Crippen LogP contribution in [0.2, 0.25) is 0 Å². The van der Waals surface area contributed by atoms with Gasteiger partial charge in [-0.05, 0) is 60.2 Å². The highest BCUT2D eigenvalue weighted by molar-refractivity contribution is 7.99. The summed E-state index contributed by atoms with van der Waals surface area (Å²) in [6.07, 6.45) is 2.57. The number of methoxy groups -OCH3 is 1. The van der Waals surface area contributed by atoms with Crippen LogP contribution in [0.5, 0.6) is 0 Å². The molecule has 42 heavy (non-hydrogen) atoms. The molecule has 0 saturated heterocycles. The van der Waals surface area contributed by atoms with E-state index in [-0.39, 0.29) is 11.8 Å². The third-order valence-electron chi connectivity index (χ3n) is 6.18. The smallest absolute Gasteiger partial charge is 0.252 e. The maximum atomic E-state index is 12.2. The van der Waals surface area contributed by atoms with Gasteiger partial charge < -0.3 is 24.8 Å². The number of anilines is 1. The van der Waals surface area contributed by atoms with Crippen LogP contribution in [0.15, 0.2) is 75.6 Å². The first-order valence-corrected chi connectivity index (χ1v) is 14.5. The zero-order chi connectivity index (χ0) is 29.6. The number of amides is 2. The summed E-state index contributed by atoms with van der Waals surface area (Å²) in [5, 5.41) is 5.54. The number of nitrogens with zero attached hydrogens (tertiary/aromatic N) is 2. The second-order valence-electron chi connectivity index (χ2n) is 9.21. The quantitative estimate of drug-likeness (QED) is 0.214. The lowest BCUT2D eigenvalue weighted by Gasteiger charge is -2.09. The first-order valence-electron chi connectivity index (χ1n) is 13.7. The molecule has 0 bridgehead atoms. The van der Waals surface area contributed by atoms with Crippen LogP contribution in [0, 0.1) is 11.8 Å². The Morgan fingerprint density at radius 2 is 1.79 bits per heavy atom. The van der Waals surface area contributed by atoms with Gasteiger partial charge in [-0.2, -0.15) is 0 Å². The van der Waals surface area contributed by atoms with Gasteiger partial charge in [-0.25, -0.2) is 4.98 Å². The van der Waals surface area contributed by atoms with Crippen LogP contribution in [0.1, 0.15) is 40.0 Å². The molecule has 0 unspecified atom stereocenters. The van der Waals surface area contributed by atoms with Crippen molar-refractivity contribution in [2.24, 2.45) is 4.99 Å². The van der Waals surface area contributed by atoms with E-state index in [1.165, 1.54) is 0 Å². The summed E-state index contributed by atoms with van der Waals surface area (Å²) >= 11 is 1.55. The molecule has 0 spiro atoms. The molecule has 4 rings (SSSR count). The number of carbonyl (C=O) groups excluding carboxylic acids is 2. The monoisotopic (exact) mass is 586 g/mol. The van der Waals surface area contributed by atoms with E-state index >= 15 is 0 Å². The molecule has 1 aromatic heterocycles. The van der Waals surface area contributed by atoms with Gasteiger partial charge >= 0.3 is 0 Å². The topological polar surface area (TPSA) is 111 Å². The Morgan fingerprint density at radius 3 is 2.57 bits per heavy atom. The Hall–Kier alpha value is -4.01. The summed E-state index contributed by atoms with van der Waals surface area (Å²) in [7, 11) is 3.26. The average molecular weight is 587 g/mol. The van der Waals surface area contributed by atoms with Crippen molar-refractivity contribution in [2.45, 2.75) is 29.2 Å². The summed E-state index contributed by atoms with van der Waals surface area (Å²) in [6, 6.07) is 17.2. The molecule has 0 saturated carbocycles. The van der Waals surface area contributed by atoms with Crippen molar-refractivity contribution in [3.8, 4) is 11.8 Å². The zero-order valence-corrected chi connectivity index (χ0v) is 24.6. The molecule has 9 nitrogen and oxygen atoms in total. The minimum atomic E-state index is -0.110. The summed E-state index contributed by atoms with van der Waals surface area (Å²) in [5.41, 5.74) is 4.65. The summed E-state index contributed by atoms with van der Waals surface area (Å²) in [5.74, 6) is 6.00. The molecule has 1 aliphatic rings. The Kier molecular flexibility index (Phi) is 12.1. The van der Waals surface area contributed by atoms with Crippen molar-refractivity contribution in [3.05, 3.63) is 83.2 Å². The van der Waals surface area contributed by atoms with Gasteiger partial charge in [0.05, 0.1) is 50.4 Å². The molecule has 2 heterocycles. The van der Waals surface area contributed by atoms with E-state index in [0.717, 1.165) is 26.6 Å². The number of pyridine rings is 1. The Balaban J connectivity index is 1.24. The third kappa shape index (κ3) is 9.26. The number of hydrogen-bond donors (Lipinski definition) is 2. The Morgan fingerprint density at radius 1 is 0.976 bits per heavy atom. The molecule has 2 N–H and O–H groups in total. The lowest BCUT2D eigenvalue weighted by molar-refractivity contribution is -0.116. The van der Waals surface area contributed by atoms with E-state index < -0.39 is 0 Å². The molecule has 0 radical (unpaired) electrons. The first-order chi connectivity index (χ1) is 20.6. The van der Waals surface area contributed by atoms with Gasteiger partial charge in [0, 0.05) is 42.5 Å². The van der Waals surface area contributed by atoms with Gasteiger partial charge in [0.2, 0.25) is 5.91 Å². The minimum Gasteiger partial charge on any atom is -0.382 e. The highest BCUT2D eigenvalue weighted by Crippen LogP contribution is 2.33. The van der Waals surface area contributed by atoms with Gasteiger partial charge in [-0.15, -0.1) is 0 Å². The Labute approximate surface area is 250 Å². The highest BCUT2D eigenvalue weighted by atomic mass is 32.2. The second-order valence-corrected chi connectivity index (χ2v) is 10.3. The van der Waals surface area contributed by atoms with Crippen LogP contribution in [0.4, 0.5) is 5.69 Å². The zero-order valence-electron chi connectivity index (χ0n) is 23.8. The molecular formula is C32H34N4O5S. The van der Waals surface area contributed by atoms with Crippen molar-refractivity contribution in [1.29, 1.82) is 0 Å². The van der Waals surface area contributed by atoms with Gasteiger partial charge in [0.1, 0.15) is 11.4 Å². The van der Waals surface area contributed by atoms with Crippen LogP contribution < -0.4 is 10.6 Å². The number of carbonyl (C=O) groups is 2. The molecule has 2 aromatic carbocycles. The maximum Gasteiger partial charge on any atom is 0.252 e. The predicted octanol–water partition coefficient (Wildman–Crippen LogP) is 4.35. The summed E-state index contributed by atoms with van der Waals surface area (Å²) in [4.78, 5) is 35.3. The van der Waals surface area contributed by atoms with Gasteiger partial charge in [-0.1, -0.05) is 30.0 Å². The van der Waals surface area contributed by atoms with Crippen LogP contribution in [0.25, 0.3) is 0 Å². The van der Waals surface area contributed by atoms with Crippen molar-refractivity contribution < 1.29 is 23.8 Å².